The summed E-state index contributed by atoms with van der Waals surface area (Å²) >= 11 is 9.72. The molecule has 0 spiro atoms. The number of imidazole rings is 1. The van der Waals surface area contributed by atoms with Gasteiger partial charge in [-0.3, -0.25) is 0 Å². The number of fused-ring (bicyclic) bond motifs is 1. The Labute approximate surface area is 131 Å². The van der Waals surface area contributed by atoms with Crippen molar-refractivity contribution in [3.05, 3.63) is 62.8 Å². The summed E-state index contributed by atoms with van der Waals surface area (Å²) in [6.45, 7) is 4.96. The number of hydrogen-bond donors (Lipinski definition) is 0. The molecule has 0 bridgehead atoms. The van der Waals surface area contributed by atoms with Crippen molar-refractivity contribution in [3.63, 3.8) is 0 Å². The maximum absolute atomic E-state index is 6.29. The van der Waals surface area contributed by atoms with Crippen molar-refractivity contribution >= 4 is 38.6 Å². The first kappa shape index (κ1) is 13.7. The Hall–Kier alpha value is -1.32. The zero-order valence-corrected chi connectivity index (χ0v) is 13.7. The summed E-state index contributed by atoms with van der Waals surface area (Å²) in [5.74, 6) is 0. The third-order valence-electron chi connectivity index (χ3n) is 3.59. The normalized spacial score (nSPS) is 11.2. The number of nitrogens with zero attached hydrogens (tertiary/aromatic N) is 2. The zero-order valence-electron chi connectivity index (χ0n) is 11.3. The second-order valence-electron chi connectivity index (χ2n) is 5.03. The van der Waals surface area contributed by atoms with E-state index < -0.39 is 0 Å². The predicted molar refractivity (Wildman–Crippen MR) is 87.5 cm³/mol. The predicted octanol–water partition coefficient (Wildman–Crippen LogP) is 5.12. The molecule has 20 heavy (non-hydrogen) atoms. The molecule has 2 nitrogen and oxygen atoms in total. The molecule has 0 fully saturated rings. The highest BCUT2D eigenvalue weighted by Crippen LogP contribution is 2.24. The van der Waals surface area contributed by atoms with Crippen LogP contribution >= 0.6 is 27.5 Å². The minimum atomic E-state index is 0.727. The van der Waals surface area contributed by atoms with E-state index in [4.69, 9.17) is 11.6 Å². The highest BCUT2D eigenvalue weighted by Gasteiger charge is 2.07. The van der Waals surface area contributed by atoms with Gasteiger partial charge in [-0.15, -0.1) is 0 Å². The van der Waals surface area contributed by atoms with E-state index in [2.05, 4.69) is 51.5 Å². The maximum Gasteiger partial charge on any atom is 0.0961 e. The van der Waals surface area contributed by atoms with Crippen molar-refractivity contribution in [1.82, 2.24) is 9.55 Å². The lowest BCUT2D eigenvalue weighted by molar-refractivity contribution is 0.824. The van der Waals surface area contributed by atoms with E-state index in [1.54, 1.807) is 0 Å². The highest BCUT2D eigenvalue weighted by atomic mass is 79.9. The van der Waals surface area contributed by atoms with Crippen LogP contribution in [0, 0.1) is 13.8 Å². The van der Waals surface area contributed by atoms with Crippen molar-refractivity contribution < 1.29 is 0 Å². The molecule has 0 unspecified atom stereocenters. The van der Waals surface area contributed by atoms with Gasteiger partial charge >= 0.3 is 0 Å². The van der Waals surface area contributed by atoms with Crippen LogP contribution in [0.3, 0.4) is 0 Å². The minimum absolute atomic E-state index is 0.727. The van der Waals surface area contributed by atoms with Gasteiger partial charge in [0.15, 0.2) is 0 Å². The molecular formula is C16H14BrClN2. The van der Waals surface area contributed by atoms with Gasteiger partial charge in [0.05, 0.1) is 23.9 Å². The van der Waals surface area contributed by atoms with Gasteiger partial charge in [0.2, 0.25) is 0 Å². The molecule has 102 valence electrons. The van der Waals surface area contributed by atoms with E-state index in [1.807, 2.05) is 24.5 Å². The number of halogens is 2. The summed E-state index contributed by atoms with van der Waals surface area (Å²) in [5.41, 5.74) is 5.81. The molecule has 1 heterocycles. The molecule has 2 aromatic carbocycles. The first-order valence-electron chi connectivity index (χ1n) is 6.40. The zero-order chi connectivity index (χ0) is 14.3. The van der Waals surface area contributed by atoms with Gasteiger partial charge in [0.25, 0.3) is 0 Å². The molecule has 0 aliphatic carbocycles. The second kappa shape index (κ2) is 5.23. The third-order valence-corrected chi connectivity index (χ3v) is 4.44. The highest BCUT2D eigenvalue weighted by molar-refractivity contribution is 9.10. The van der Waals surface area contributed by atoms with Gasteiger partial charge in [0, 0.05) is 9.50 Å². The van der Waals surface area contributed by atoms with Gasteiger partial charge in [-0.05, 0) is 54.8 Å². The van der Waals surface area contributed by atoms with Crippen molar-refractivity contribution in [1.29, 1.82) is 0 Å². The number of benzene rings is 2. The molecule has 0 N–H and O–H groups in total. The minimum Gasteiger partial charge on any atom is -0.326 e. The van der Waals surface area contributed by atoms with Crippen LogP contribution in [0.5, 0.6) is 0 Å². The molecule has 0 amide bonds. The molecule has 0 saturated heterocycles. The Kier molecular flexibility index (Phi) is 3.57. The fourth-order valence-corrected chi connectivity index (χ4v) is 3.01. The number of aryl methyl sites for hydroxylation is 2. The van der Waals surface area contributed by atoms with Crippen LogP contribution in [0.15, 0.2) is 41.1 Å². The monoisotopic (exact) mass is 348 g/mol. The molecular weight excluding hydrogens is 336 g/mol. The Morgan fingerprint density at radius 3 is 2.65 bits per heavy atom. The van der Waals surface area contributed by atoms with E-state index in [9.17, 15) is 0 Å². The summed E-state index contributed by atoms with van der Waals surface area (Å²) in [6, 6.07) is 10.3. The second-order valence-corrected chi connectivity index (χ2v) is 6.36. The molecule has 0 saturated carbocycles. The van der Waals surface area contributed by atoms with Crippen LogP contribution in [0.25, 0.3) is 11.0 Å². The summed E-state index contributed by atoms with van der Waals surface area (Å²) in [5, 5.41) is 0.769. The summed E-state index contributed by atoms with van der Waals surface area (Å²) in [4.78, 5) is 4.47. The SMILES string of the molecule is Cc1cc2ncn(Cc3ccc(Br)cc3Cl)c2cc1C. The van der Waals surface area contributed by atoms with Crippen LogP contribution in [0.4, 0.5) is 0 Å². The number of hydrogen-bond acceptors (Lipinski definition) is 1. The Bertz CT molecular complexity index is 793. The summed E-state index contributed by atoms with van der Waals surface area (Å²) in [6.07, 6.45) is 1.88. The molecule has 0 radical (unpaired) electrons. The number of aromatic nitrogens is 2. The Morgan fingerprint density at radius 2 is 1.90 bits per heavy atom. The Morgan fingerprint density at radius 1 is 1.15 bits per heavy atom. The summed E-state index contributed by atoms with van der Waals surface area (Å²) in [7, 11) is 0. The molecule has 3 rings (SSSR count). The average Bonchev–Trinajstić information content (AvgIpc) is 2.76. The lowest BCUT2D eigenvalue weighted by atomic mass is 10.1. The van der Waals surface area contributed by atoms with E-state index >= 15 is 0 Å². The lowest BCUT2D eigenvalue weighted by Gasteiger charge is -2.08. The van der Waals surface area contributed by atoms with E-state index in [1.165, 1.54) is 11.1 Å². The third kappa shape index (κ3) is 2.48. The van der Waals surface area contributed by atoms with Crippen LogP contribution in [-0.4, -0.2) is 9.55 Å². The van der Waals surface area contributed by atoms with Crippen molar-refractivity contribution in [2.45, 2.75) is 20.4 Å². The van der Waals surface area contributed by atoms with Crippen LogP contribution in [0.2, 0.25) is 5.02 Å². The average molecular weight is 350 g/mol. The van der Waals surface area contributed by atoms with Gasteiger partial charge in [0.1, 0.15) is 0 Å². The standard InChI is InChI=1S/C16H14BrClN2/c1-10-5-15-16(6-11(10)2)20(9-19-15)8-12-3-4-13(17)7-14(12)18/h3-7,9H,8H2,1-2H3. The fraction of sp³-hybridized carbons (Fsp3) is 0.188. The number of rotatable bonds is 2. The Balaban J connectivity index is 2.04. The first-order valence-corrected chi connectivity index (χ1v) is 7.58. The van der Waals surface area contributed by atoms with E-state index in [-0.39, 0.29) is 0 Å². The molecule has 0 aliphatic heterocycles. The molecule has 0 atom stereocenters. The van der Waals surface area contributed by atoms with Gasteiger partial charge in [-0.2, -0.15) is 0 Å². The van der Waals surface area contributed by atoms with E-state index in [0.29, 0.717) is 0 Å². The maximum atomic E-state index is 6.29. The van der Waals surface area contributed by atoms with Crippen molar-refractivity contribution in [2.75, 3.05) is 0 Å². The smallest absolute Gasteiger partial charge is 0.0961 e. The largest absolute Gasteiger partial charge is 0.326 e. The quantitative estimate of drug-likeness (QED) is 0.628. The fourth-order valence-electron chi connectivity index (χ4n) is 2.27. The topological polar surface area (TPSA) is 17.8 Å². The lowest BCUT2D eigenvalue weighted by Crippen LogP contribution is -1.99. The van der Waals surface area contributed by atoms with Crippen LogP contribution in [0.1, 0.15) is 16.7 Å². The molecule has 0 aliphatic rings. The summed E-state index contributed by atoms with van der Waals surface area (Å²) < 4.78 is 3.13. The van der Waals surface area contributed by atoms with Crippen LogP contribution < -0.4 is 0 Å². The molecule has 4 heteroatoms. The molecule has 3 aromatic rings. The van der Waals surface area contributed by atoms with Crippen molar-refractivity contribution in [3.8, 4) is 0 Å². The first-order chi connectivity index (χ1) is 9.54. The molecule has 1 aromatic heterocycles. The van der Waals surface area contributed by atoms with E-state index in [0.717, 1.165) is 32.6 Å². The van der Waals surface area contributed by atoms with Crippen molar-refractivity contribution in [2.24, 2.45) is 0 Å². The van der Waals surface area contributed by atoms with Gasteiger partial charge < -0.3 is 4.57 Å². The van der Waals surface area contributed by atoms with Crippen LogP contribution in [-0.2, 0) is 6.54 Å². The van der Waals surface area contributed by atoms with Gasteiger partial charge in [-0.25, -0.2) is 4.98 Å². The van der Waals surface area contributed by atoms with Gasteiger partial charge in [-0.1, -0.05) is 33.6 Å².